The quantitative estimate of drug-likeness (QED) is 0.649. The van der Waals surface area contributed by atoms with Crippen LogP contribution in [0.1, 0.15) is 37.4 Å². The molecule has 1 aromatic rings. The third kappa shape index (κ3) is 3.18. The molecule has 0 spiro atoms. The van der Waals surface area contributed by atoms with Crippen LogP contribution in [0.4, 0.5) is 0 Å². The Hall–Kier alpha value is -2.78. The lowest BCUT2D eigenvalue weighted by Gasteiger charge is -2.45. The topological polar surface area (TPSA) is 82.8 Å². The van der Waals surface area contributed by atoms with Crippen molar-refractivity contribution >= 4 is 5.91 Å². The molecule has 6 heteroatoms. The van der Waals surface area contributed by atoms with Gasteiger partial charge in [-0.25, -0.2) is 0 Å². The van der Waals surface area contributed by atoms with Gasteiger partial charge in [0, 0.05) is 11.6 Å². The molecular formula is C20H22N2O4. The van der Waals surface area contributed by atoms with E-state index < -0.39 is 17.7 Å². The van der Waals surface area contributed by atoms with Crippen LogP contribution >= 0.6 is 0 Å². The van der Waals surface area contributed by atoms with E-state index in [2.05, 4.69) is 12.6 Å². The Bertz CT molecular complexity index is 807. The lowest BCUT2D eigenvalue weighted by molar-refractivity contribution is -0.137. The highest BCUT2D eigenvalue weighted by atomic mass is 16.5. The van der Waals surface area contributed by atoms with E-state index in [0.29, 0.717) is 35.7 Å². The minimum atomic E-state index is -0.950. The number of fused-ring (bicyclic) bond motifs is 1. The zero-order valence-electron chi connectivity index (χ0n) is 14.9. The lowest BCUT2D eigenvalue weighted by Crippen LogP contribution is -2.54. The van der Waals surface area contributed by atoms with Crippen LogP contribution in [-0.2, 0) is 9.53 Å². The fraction of sp³-hybridized carbons (Fsp3) is 0.400. The maximum absolute atomic E-state index is 12.6. The molecule has 1 amide bonds. The van der Waals surface area contributed by atoms with E-state index in [9.17, 15) is 15.2 Å². The monoisotopic (exact) mass is 354 g/mol. The van der Waals surface area contributed by atoms with Crippen molar-refractivity contribution in [3.63, 3.8) is 0 Å². The van der Waals surface area contributed by atoms with Gasteiger partial charge in [-0.05, 0) is 38.5 Å². The van der Waals surface area contributed by atoms with Gasteiger partial charge in [-0.3, -0.25) is 4.79 Å². The Kier molecular flexibility index (Phi) is 4.75. The van der Waals surface area contributed by atoms with Gasteiger partial charge in [0.1, 0.15) is 23.2 Å². The van der Waals surface area contributed by atoms with E-state index >= 15 is 0 Å². The average molecular weight is 354 g/mol. The van der Waals surface area contributed by atoms with Gasteiger partial charge >= 0.3 is 0 Å². The lowest BCUT2D eigenvalue weighted by atomic mass is 9.85. The molecule has 0 aliphatic carbocycles. The molecule has 0 bridgehead atoms. The van der Waals surface area contributed by atoms with Crippen molar-refractivity contribution < 1.29 is 19.4 Å². The third-order valence-electron chi connectivity index (χ3n) is 4.68. The van der Waals surface area contributed by atoms with E-state index in [0.717, 1.165) is 0 Å². The number of rotatable bonds is 5. The van der Waals surface area contributed by atoms with Crippen molar-refractivity contribution in [2.75, 3.05) is 13.2 Å². The summed E-state index contributed by atoms with van der Waals surface area (Å²) < 4.78 is 11.5. The highest BCUT2D eigenvalue weighted by Gasteiger charge is 2.47. The van der Waals surface area contributed by atoms with E-state index in [1.807, 2.05) is 0 Å². The van der Waals surface area contributed by atoms with E-state index in [1.54, 1.807) is 43.0 Å². The summed E-state index contributed by atoms with van der Waals surface area (Å²) >= 11 is 0. The zero-order valence-corrected chi connectivity index (χ0v) is 14.9. The number of benzene rings is 1. The van der Waals surface area contributed by atoms with Crippen LogP contribution in [0.25, 0.3) is 0 Å². The average Bonchev–Trinajstić information content (AvgIpc) is 2.96. The third-order valence-corrected chi connectivity index (χ3v) is 4.68. The molecule has 2 aliphatic rings. The molecule has 26 heavy (non-hydrogen) atoms. The SMILES string of the molecule is C=CCCOC1=CC(=O)N(C2c3cc(C#N)ccc3OC(C)(C)C2O)C1. The largest absolute Gasteiger partial charge is 0.496 e. The number of hydrogen-bond donors (Lipinski definition) is 1. The number of aliphatic hydroxyl groups excluding tert-OH is 1. The van der Waals surface area contributed by atoms with Gasteiger partial charge in [-0.2, -0.15) is 5.26 Å². The fourth-order valence-electron chi connectivity index (χ4n) is 3.28. The van der Waals surface area contributed by atoms with Crippen molar-refractivity contribution in [2.45, 2.75) is 38.0 Å². The molecule has 1 aromatic carbocycles. The molecular weight excluding hydrogens is 332 g/mol. The van der Waals surface area contributed by atoms with Gasteiger partial charge in [0.25, 0.3) is 5.91 Å². The number of carbonyl (C=O) groups excluding carboxylic acids is 1. The molecule has 2 atom stereocenters. The number of amides is 1. The molecule has 2 unspecified atom stereocenters. The Labute approximate surface area is 152 Å². The van der Waals surface area contributed by atoms with Crippen molar-refractivity contribution in [1.82, 2.24) is 4.90 Å². The second kappa shape index (κ2) is 6.85. The summed E-state index contributed by atoms with van der Waals surface area (Å²) in [5.74, 6) is 0.901. The van der Waals surface area contributed by atoms with Crippen molar-refractivity contribution in [3.8, 4) is 11.8 Å². The van der Waals surface area contributed by atoms with Gasteiger partial charge < -0.3 is 19.5 Å². The first-order valence-electron chi connectivity index (χ1n) is 8.53. The summed E-state index contributed by atoms with van der Waals surface area (Å²) in [6, 6.07) is 6.52. The van der Waals surface area contributed by atoms with Gasteiger partial charge in [-0.15, -0.1) is 6.58 Å². The van der Waals surface area contributed by atoms with Crippen LogP contribution in [0.2, 0.25) is 0 Å². The summed E-state index contributed by atoms with van der Waals surface area (Å²) in [6.07, 6.45) is 2.94. The molecule has 2 aliphatic heterocycles. The van der Waals surface area contributed by atoms with Crippen LogP contribution in [0, 0.1) is 11.3 Å². The second-order valence-electron chi connectivity index (χ2n) is 6.96. The number of aliphatic hydroxyl groups is 1. The predicted octanol–water partition coefficient (Wildman–Crippen LogP) is 2.45. The molecule has 0 aromatic heterocycles. The van der Waals surface area contributed by atoms with Crippen LogP contribution in [-0.4, -0.2) is 40.8 Å². The first kappa shape index (κ1) is 18.0. The number of carbonyl (C=O) groups is 1. The van der Waals surface area contributed by atoms with Gasteiger partial charge in [-0.1, -0.05) is 6.08 Å². The molecule has 1 N–H and O–H groups in total. The summed E-state index contributed by atoms with van der Waals surface area (Å²) in [7, 11) is 0. The summed E-state index contributed by atoms with van der Waals surface area (Å²) in [5, 5.41) is 20.1. The second-order valence-corrected chi connectivity index (χ2v) is 6.96. The molecule has 0 radical (unpaired) electrons. The van der Waals surface area contributed by atoms with Crippen LogP contribution < -0.4 is 4.74 Å². The van der Waals surface area contributed by atoms with Crippen molar-refractivity contribution in [3.05, 3.63) is 53.8 Å². The number of ether oxygens (including phenoxy) is 2. The Balaban J connectivity index is 1.93. The molecule has 0 saturated carbocycles. The van der Waals surface area contributed by atoms with E-state index in [1.165, 1.54) is 6.08 Å². The number of nitriles is 1. The molecule has 0 saturated heterocycles. The minimum absolute atomic E-state index is 0.228. The maximum atomic E-state index is 12.6. The number of hydrogen-bond acceptors (Lipinski definition) is 5. The summed E-state index contributed by atoms with van der Waals surface area (Å²) in [5.41, 5.74) is 0.203. The Morgan fingerprint density at radius 1 is 1.54 bits per heavy atom. The number of nitrogens with zero attached hydrogens (tertiary/aromatic N) is 2. The highest BCUT2D eigenvalue weighted by molar-refractivity contribution is 5.91. The maximum Gasteiger partial charge on any atom is 0.251 e. The van der Waals surface area contributed by atoms with E-state index in [-0.39, 0.29) is 12.5 Å². The molecule has 0 fully saturated rings. The zero-order chi connectivity index (χ0) is 18.9. The normalized spacial score (nSPS) is 23.5. The standard InChI is InChI=1S/C20H22N2O4/c1-4-5-8-25-14-10-17(23)22(12-14)18-15-9-13(11-21)6-7-16(15)26-20(2,3)19(18)24/h4,6-7,9-10,18-19,24H,1,5,8,12H2,2-3H3. The first-order valence-corrected chi connectivity index (χ1v) is 8.53. The van der Waals surface area contributed by atoms with Crippen LogP contribution in [0.15, 0.2) is 42.7 Å². The van der Waals surface area contributed by atoms with E-state index in [4.69, 9.17) is 9.47 Å². The van der Waals surface area contributed by atoms with Crippen LogP contribution in [0.5, 0.6) is 5.75 Å². The first-order chi connectivity index (χ1) is 12.4. The van der Waals surface area contributed by atoms with Crippen molar-refractivity contribution in [2.24, 2.45) is 0 Å². The smallest absolute Gasteiger partial charge is 0.251 e. The van der Waals surface area contributed by atoms with Gasteiger partial charge in [0.2, 0.25) is 0 Å². The Morgan fingerprint density at radius 2 is 2.31 bits per heavy atom. The summed E-state index contributed by atoms with van der Waals surface area (Å²) in [4.78, 5) is 14.1. The van der Waals surface area contributed by atoms with Crippen molar-refractivity contribution in [1.29, 1.82) is 5.26 Å². The minimum Gasteiger partial charge on any atom is -0.496 e. The summed E-state index contributed by atoms with van der Waals surface area (Å²) in [6.45, 7) is 7.92. The molecule has 3 rings (SSSR count). The fourth-order valence-corrected chi connectivity index (χ4v) is 3.28. The molecule has 6 nitrogen and oxygen atoms in total. The predicted molar refractivity (Wildman–Crippen MR) is 95.2 cm³/mol. The van der Waals surface area contributed by atoms with Gasteiger partial charge in [0.15, 0.2) is 0 Å². The Morgan fingerprint density at radius 3 is 3.00 bits per heavy atom. The highest BCUT2D eigenvalue weighted by Crippen LogP contribution is 2.44. The van der Waals surface area contributed by atoms with Crippen LogP contribution in [0.3, 0.4) is 0 Å². The molecule has 2 heterocycles. The van der Waals surface area contributed by atoms with Gasteiger partial charge in [0.05, 0.1) is 30.8 Å². The molecule has 136 valence electrons.